The van der Waals surface area contributed by atoms with Gasteiger partial charge in [0.2, 0.25) is 0 Å². The van der Waals surface area contributed by atoms with Gasteiger partial charge in [0.1, 0.15) is 5.82 Å². The smallest absolute Gasteiger partial charge is 0.143 e. The molecular formula is C21H24N4O. The van der Waals surface area contributed by atoms with E-state index in [-0.39, 0.29) is 6.04 Å². The number of likely N-dealkylation sites (N-methyl/N-ethyl adjacent to an activating group) is 1. The third kappa shape index (κ3) is 4.50. The number of pyridine rings is 1. The van der Waals surface area contributed by atoms with Gasteiger partial charge in [-0.3, -0.25) is 9.88 Å². The van der Waals surface area contributed by atoms with Crippen LogP contribution in [0.3, 0.4) is 0 Å². The van der Waals surface area contributed by atoms with Gasteiger partial charge in [-0.15, -0.1) is 0 Å². The van der Waals surface area contributed by atoms with Crippen molar-refractivity contribution < 1.29 is 4.74 Å². The highest BCUT2D eigenvalue weighted by Crippen LogP contribution is 2.21. The van der Waals surface area contributed by atoms with E-state index in [9.17, 15) is 0 Å². The van der Waals surface area contributed by atoms with Crippen molar-refractivity contribution in [3.05, 3.63) is 78.0 Å². The van der Waals surface area contributed by atoms with Gasteiger partial charge in [0, 0.05) is 24.6 Å². The van der Waals surface area contributed by atoms with Gasteiger partial charge < -0.3 is 4.74 Å². The molecule has 0 bridgehead atoms. The highest BCUT2D eigenvalue weighted by molar-refractivity contribution is 5.58. The minimum absolute atomic E-state index is 0.0467. The van der Waals surface area contributed by atoms with Gasteiger partial charge in [0.05, 0.1) is 30.6 Å². The number of hydrogen-bond donors (Lipinski definition) is 0. The lowest BCUT2D eigenvalue weighted by atomic mass is 10.1. The van der Waals surface area contributed by atoms with Crippen molar-refractivity contribution >= 4 is 0 Å². The molecule has 1 atom stereocenters. The lowest BCUT2D eigenvalue weighted by Crippen LogP contribution is -2.29. The Morgan fingerprint density at radius 3 is 2.50 bits per heavy atom. The molecule has 0 spiro atoms. The van der Waals surface area contributed by atoms with E-state index in [1.165, 1.54) is 0 Å². The van der Waals surface area contributed by atoms with Crippen molar-refractivity contribution in [1.29, 1.82) is 0 Å². The van der Waals surface area contributed by atoms with E-state index < -0.39 is 0 Å². The standard InChI is InChI=1S/C21H24N4O/c1-16-13-19(17-9-5-4-6-10-17)24-21(23-16)14-25(2)20(15-26-3)18-11-7-8-12-22-18/h4-13,20H,14-15H2,1-3H3/t20-/m0/s1. The summed E-state index contributed by atoms with van der Waals surface area (Å²) in [4.78, 5) is 16.0. The molecule has 5 heteroatoms. The molecular weight excluding hydrogens is 324 g/mol. The molecule has 26 heavy (non-hydrogen) atoms. The van der Waals surface area contributed by atoms with Crippen LogP contribution in [-0.4, -0.2) is 40.6 Å². The summed E-state index contributed by atoms with van der Waals surface area (Å²) in [6.07, 6.45) is 1.81. The SMILES string of the molecule is COC[C@@H](c1ccccn1)N(C)Cc1nc(C)cc(-c2ccccc2)n1. The normalized spacial score (nSPS) is 12.3. The number of benzene rings is 1. The summed E-state index contributed by atoms with van der Waals surface area (Å²) in [5, 5.41) is 0. The van der Waals surface area contributed by atoms with E-state index in [0.29, 0.717) is 13.2 Å². The van der Waals surface area contributed by atoms with Gasteiger partial charge >= 0.3 is 0 Å². The van der Waals surface area contributed by atoms with E-state index in [1.807, 2.05) is 62.6 Å². The van der Waals surface area contributed by atoms with Gasteiger partial charge in [-0.25, -0.2) is 9.97 Å². The van der Waals surface area contributed by atoms with Gasteiger partial charge in [-0.05, 0) is 32.2 Å². The summed E-state index contributed by atoms with van der Waals surface area (Å²) >= 11 is 0. The van der Waals surface area contributed by atoms with Crippen molar-refractivity contribution in [2.75, 3.05) is 20.8 Å². The maximum Gasteiger partial charge on any atom is 0.143 e. The third-order valence-corrected chi connectivity index (χ3v) is 4.25. The largest absolute Gasteiger partial charge is 0.383 e. The Labute approximate surface area is 154 Å². The topological polar surface area (TPSA) is 51.1 Å². The fourth-order valence-corrected chi connectivity index (χ4v) is 2.96. The first-order valence-electron chi connectivity index (χ1n) is 8.67. The van der Waals surface area contributed by atoms with Crippen LogP contribution < -0.4 is 0 Å². The first-order valence-corrected chi connectivity index (χ1v) is 8.67. The van der Waals surface area contributed by atoms with E-state index in [4.69, 9.17) is 9.72 Å². The minimum atomic E-state index is 0.0467. The van der Waals surface area contributed by atoms with Crippen LogP contribution >= 0.6 is 0 Å². The van der Waals surface area contributed by atoms with Crippen LogP contribution in [0.5, 0.6) is 0 Å². The number of methoxy groups -OCH3 is 1. The zero-order valence-electron chi connectivity index (χ0n) is 15.5. The molecule has 0 aliphatic carbocycles. The van der Waals surface area contributed by atoms with Crippen molar-refractivity contribution in [1.82, 2.24) is 19.9 Å². The minimum Gasteiger partial charge on any atom is -0.383 e. The molecule has 134 valence electrons. The van der Waals surface area contributed by atoms with Crippen LogP contribution in [0.1, 0.15) is 23.3 Å². The van der Waals surface area contributed by atoms with Gasteiger partial charge in [-0.2, -0.15) is 0 Å². The molecule has 1 aromatic carbocycles. The van der Waals surface area contributed by atoms with Crippen molar-refractivity contribution in [3.8, 4) is 11.3 Å². The summed E-state index contributed by atoms with van der Waals surface area (Å²) in [5.41, 5.74) is 3.99. The predicted octanol–water partition coefficient (Wildman–Crippen LogP) is 3.67. The third-order valence-electron chi connectivity index (χ3n) is 4.25. The fourth-order valence-electron chi connectivity index (χ4n) is 2.96. The zero-order chi connectivity index (χ0) is 18.4. The quantitative estimate of drug-likeness (QED) is 0.652. The Bertz CT molecular complexity index is 824. The van der Waals surface area contributed by atoms with Gasteiger partial charge in [-0.1, -0.05) is 36.4 Å². The second-order valence-corrected chi connectivity index (χ2v) is 6.32. The van der Waals surface area contributed by atoms with Crippen molar-refractivity contribution in [2.24, 2.45) is 0 Å². The molecule has 0 fully saturated rings. The monoisotopic (exact) mass is 348 g/mol. The van der Waals surface area contributed by atoms with Gasteiger partial charge in [0.25, 0.3) is 0 Å². The molecule has 0 amide bonds. The molecule has 0 saturated carbocycles. The van der Waals surface area contributed by atoms with E-state index in [1.54, 1.807) is 7.11 Å². The Morgan fingerprint density at radius 2 is 1.81 bits per heavy atom. The predicted molar refractivity (Wildman–Crippen MR) is 103 cm³/mol. The van der Waals surface area contributed by atoms with Crippen molar-refractivity contribution in [2.45, 2.75) is 19.5 Å². The Balaban J connectivity index is 1.84. The zero-order valence-corrected chi connectivity index (χ0v) is 15.5. The molecule has 0 aliphatic heterocycles. The summed E-state index contributed by atoms with van der Waals surface area (Å²) in [6, 6.07) is 18.2. The molecule has 2 heterocycles. The summed E-state index contributed by atoms with van der Waals surface area (Å²) < 4.78 is 5.41. The van der Waals surface area contributed by atoms with Crippen LogP contribution in [0.4, 0.5) is 0 Å². The lowest BCUT2D eigenvalue weighted by molar-refractivity contribution is 0.0985. The molecule has 3 rings (SSSR count). The van der Waals surface area contributed by atoms with Crippen LogP contribution in [0.25, 0.3) is 11.3 Å². The van der Waals surface area contributed by atoms with Crippen LogP contribution in [0.2, 0.25) is 0 Å². The molecule has 2 aromatic heterocycles. The Hall–Kier alpha value is -2.63. The van der Waals surface area contributed by atoms with Gasteiger partial charge in [0.15, 0.2) is 0 Å². The number of aryl methyl sites for hydroxylation is 1. The molecule has 0 saturated heterocycles. The highest BCUT2D eigenvalue weighted by atomic mass is 16.5. The summed E-state index contributed by atoms with van der Waals surface area (Å²) in [5.74, 6) is 0.795. The number of rotatable bonds is 7. The Morgan fingerprint density at radius 1 is 1.04 bits per heavy atom. The number of hydrogen-bond acceptors (Lipinski definition) is 5. The average Bonchev–Trinajstić information content (AvgIpc) is 2.67. The molecule has 5 nitrogen and oxygen atoms in total. The van der Waals surface area contributed by atoms with Crippen molar-refractivity contribution in [3.63, 3.8) is 0 Å². The maximum absolute atomic E-state index is 5.41. The first-order chi connectivity index (χ1) is 12.7. The highest BCUT2D eigenvalue weighted by Gasteiger charge is 2.19. The molecule has 0 aliphatic rings. The molecule has 0 unspecified atom stereocenters. The number of aromatic nitrogens is 3. The maximum atomic E-state index is 5.41. The van der Waals surface area contributed by atoms with E-state index in [2.05, 4.69) is 27.0 Å². The first kappa shape index (κ1) is 18.2. The number of ether oxygens (including phenoxy) is 1. The fraction of sp³-hybridized carbons (Fsp3) is 0.286. The lowest BCUT2D eigenvalue weighted by Gasteiger charge is -2.26. The average molecular weight is 348 g/mol. The number of nitrogens with zero attached hydrogens (tertiary/aromatic N) is 4. The summed E-state index contributed by atoms with van der Waals surface area (Å²) in [6.45, 7) is 3.18. The molecule has 0 radical (unpaired) electrons. The van der Waals surface area contributed by atoms with Crippen LogP contribution in [0.15, 0.2) is 60.8 Å². The van der Waals surface area contributed by atoms with Crippen LogP contribution in [0, 0.1) is 6.92 Å². The Kier molecular flexibility index (Phi) is 6.04. The van der Waals surface area contributed by atoms with Crippen LogP contribution in [-0.2, 0) is 11.3 Å². The second kappa shape index (κ2) is 8.65. The summed E-state index contributed by atoms with van der Waals surface area (Å²) in [7, 11) is 3.76. The molecule has 0 N–H and O–H groups in total. The van der Waals surface area contributed by atoms with E-state index in [0.717, 1.165) is 28.5 Å². The molecule has 3 aromatic rings. The van der Waals surface area contributed by atoms with E-state index >= 15 is 0 Å². The second-order valence-electron chi connectivity index (χ2n) is 6.32.